The topological polar surface area (TPSA) is 62.7 Å². The van der Waals surface area contributed by atoms with Crippen molar-refractivity contribution in [1.29, 1.82) is 0 Å². The molecule has 0 radical (unpaired) electrons. The first kappa shape index (κ1) is 17.3. The molecule has 0 aliphatic carbocycles. The van der Waals surface area contributed by atoms with E-state index >= 15 is 0 Å². The zero-order valence-electron chi connectivity index (χ0n) is 15.3. The SMILES string of the molecule is Cc1nccc2cc(-c3ccc(OC4CCN(C(=O)O)CC4)cc3)ccc12. The molecule has 3 aromatic rings. The summed E-state index contributed by atoms with van der Waals surface area (Å²) in [6.07, 6.45) is 2.52. The van der Waals surface area contributed by atoms with Crippen LogP contribution in [0.1, 0.15) is 18.5 Å². The Kier molecular flexibility index (Phi) is 4.67. The standard InChI is InChI=1S/C22H22N2O3/c1-15-21-7-4-17(14-18(21)8-11-23-15)16-2-5-19(6-3-16)27-20-9-12-24(13-10-20)22(25)26/h2-8,11,14,20H,9-10,12-13H2,1H3,(H,25,26). The summed E-state index contributed by atoms with van der Waals surface area (Å²) in [5.41, 5.74) is 3.34. The summed E-state index contributed by atoms with van der Waals surface area (Å²) in [5.74, 6) is 0.827. The van der Waals surface area contributed by atoms with Crippen molar-refractivity contribution in [2.75, 3.05) is 13.1 Å². The van der Waals surface area contributed by atoms with Crippen LogP contribution in [0, 0.1) is 6.92 Å². The number of hydrogen-bond donors (Lipinski definition) is 1. The highest BCUT2D eigenvalue weighted by atomic mass is 16.5. The number of hydrogen-bond acceptors (Lipinski definition) is 3. The van der Waals surface area contributed by atoms with Gasteiger partial charge in [0.25, 0.3) is 0 Å². The smallest absolute Gasteiger partial charge is 0.407 e. The Morgan fingerprint density at radius 1 is 1.07 bits per heavy atom. The number of ether oxygens (including phenoxy) is 1. The van der Waals surface area contributed by atoms with Crippen molar-refractivity contribution in [2.45, 2.75) is 25.9 Å². The highest BCUT2D eigenvalue weighted by molar-refractivity contribution is 5.88. The monoisotopic (exact) mass is 362 g/mol. The second-order valence-corrected chi connectivity index (χ2v) is 6.94. The zero-order chi connectivity index (χ0) is 18.8. The van der Waals surface area contributed by atoms with E-state index in [1.165, 1.54) is 15.7 Å². The fraction of sp³-hybridized carbons (Fsp3) is 0.273. The van der Waals surface area contributed by atoms with Crippen LogP contribution in [-0.2, 0) is 0 Å². The van der Waals surface area contributed by atoms with Gasteiger partial charge in [-0.1, -0.05) is 24.3 Å². The van der Waals surface area contributed by atoms with Crippen LogP contribution in [-0.4, -0.2) is 40.3 Å². The van der Waals surface area contributed by atoms with Gasteiger partial charge in [-0.25, -0.2) is 4.79 Å². The van der Waals surface area contributed by atoms with Crippen LogP contribution in [0.4, 0.5) is 4.79 Å². The fourth-order valence-electron chi connectivity index (χ4n) is 3.59. The van der Waals surface area contributed by atoms with Crippen molar-refractivity contribution in [1.82, 2.24) is 9.88 Å². The molecule has 1 aromatic heterocycles. The average molecular weight is 362 g/mol. The molecule has 0 saturated carbocycles. The van der Waals surface area contributed by atoms with Gasteiger partial charge in [0.2, 0.25) is 0 Å². The first-order valence-electron chi connectivity index (χ1n) is 9.20. The Hall–Kier alpha value is -3.08. The van der Waals surface area contributed by atoms with Gasteiger partial charge in [0.1, 0.15) is 11.9 Å². The van der Waals surface area contributed by atoms with Crippen LogP contribution in [0.25, 0.3) is 21.9 Å². The van der Waals surface area contributed by atoms with Crippen LogP contribution in [0.5, 0.6) is 5.75 Å². The third kappa shape index (κ3) is 3.72. The molecular weight excluding hydrogens is 340 g/mol. The molecule has 1 saturated heterocycles. The molecule has 5 heteroatoms. The first-order valence-corrected chi connectivity index (χ1v) is 9.20. The minimum atomic E-state index is -0.848. The number of carbonyl (C=O) groups is 1. The van der Waals surface area contributed by atoms with E-state index in [-0.39, 0.29) is 6.10 Å². The number of amides is 1. The Bertz CT molecular complexity index is 961. The predicted octanol–water partition coefficient (Wildman–Crippen LogP) is 4.73. The van der Waals surface area contributed by atoms with Gasteiger partial charge >= 0.3 is 6.09 Å². The Labute approximate surface area is 158 Å². The molecule has 0 spiro atoms. The molecule has 2 heterocycles. The summed E-state index contributed by atoms with van der Waals surface area (Å²) in [7, 11) is 0. The molecule has 4 rings (SSSR count). The maximum atomic E-state index is 11.0. The van der Waals surface area contributed by atoms with Crippen LogP contribution < -0.4 is 4.74 Å². The number of piperidine rings is 1. The van der Waals surface area contributed by atoms with Gasteiger partial charge in [0.15, 0.2) is 0 Å². The molecular formula is C22H22N2O3. The van der Waals surface area contributed by atoms with Crippen LogP contribution in [0.15, 0.2) is 54.7 Å². The van der Waals surface area contributed by atoms with Gasteiger partial charge in [-0.2, -0.15) is 0 Å². The molecule has 1 amide bonds. The van der Waals surface area contributed by atoms with Crippen LogP contribution >= 0.6 is 0 Å². The molecule has 138 valence electrons. The van der Waals surface area contributed by atoms with E-state index < -0.39 is 6.09 Å². The molecule has 0 bridgehead atoms. The van der Waals surface area contributed by atoms with E-state index in [2.05, 4.69) is 35.3 Å². The van der Waals surface area contributed by atoms with Crippen molar-refractivity contribution in [3.8, 4) is 16.9 Å². The zero-order valence-corrected chi connectivity index (χ0v) is 15.3. The van der Waals surface area contributed by atoms with Crippen molar-refractivity contribution in [3.05, 3.63) is 60.4 Å². The van der Waals surface area contributed by atoms with E-state index in [9.17, 15) is 4.79 Å². The van der Waals surface area contributed by atoms with Crippen molar-refractivity contribution in [3.63, 3.8) is 0 Å². The molecule has 1 N–H and O–H groups in total. The number of fused-ring (bicyclic) bond motifs is 1. The summed E-state index contributed by atoms with van der Waals surface area (Å²) >= 11 is 0. The van der Waals surface area contributed by atoms with Crippen molar-refractivity contribution < 1.29 is 14.6 Å². The summed E-state index contributed by atoms with van der Waals surface area (Å²) in [6.45, 7) is 3.09. The van der Waals surface area contributed by atoms with E-state index in [0.717, 1.165) is 35.4 Å². The number of nitrogens with zero attached hydrogens (tertiary/aromatic N) is 2. The normalized spacial score (nSPS) is 15.1. The minimum Gasteiger partial charge on any atom is -0.490 e. The highest BCUT2D eigenvalue weighted by Gasteiger charge is 2.23. The van der Waals surface area contributed by atoms with Gasteiger partial charge < -0.3 is 14.7 Å². The van der Waals surface area contributed by atoms with Crippen LogP contribution in [0.3, 0.4) is 0 Å². The molecule has 0 unspecified atom stereocenters. The lowest BCUT2D eigenvalue weighted by molar-refractivity contribution is 0.0895. The van der Waals surface area contributed by atoms with E-state index in [1.54, 1.807) is 0 Å². The number of carboxylic acid groups (broad SMARTS) is 1. The second-order valence-electron chi connectivity index (χ2n) is 6.94. The molecule has 27 heavy (non-hydrogen) atoms. The van der Waals surface area contributed by atoms with Gasteiger partial charge in [-0.15, -0.1) is 0 Å². The molecule has 2 aromatic carbocycles. The third-order valence-corrected chi connectivity index (χ3v) is 5.17. The Balaban J connectivity index is 1.46. The summed E-state index contributed by atoms with van der Waals surface area (Å²) in [6, 6.07) is 16.6. The number of rotatable bonds is 3. The quantitative estimate of drug-likeness (QED) is 0.731. The summed E-state index contributed by atoms with van der Waals surface area (Å²) < 4.78 is 6.03. The number of likely N-dealkylation sites (tertiary alicyclic amines) is 1. The predicted molar refractivity (Wildman–Crippen MR) is 105 cm³/mol. The average Bonchev–Trinajstić information content (AvgIpc) is 2.69. The highest BCUT2D eigenvalue weighted by Crippen LogP contribution is 2.28. The Morgan fingerprint density at radius 2 is 1.78 bits per heavy atom. The number of benzene rings is 2. The lowest BCUT2D eigenvalue weighted by atomic mass is 10.0. The second kappa shape index (κ2) is 7.27. The molecule has 5 nitrogen and oxygen atoms in total. The summed E-state index contributed by atoms with van der Waals surface area (Å²) in [5, 5.41) is 11.4. The van der Waals surface area contributed by atoms with Crippen molar-refractivity contribution in [2.24, 2.45) is 0 Å². The number of aryl methyl sites for hydroxylation is 1. The molecule has 0 atom stereocenters. The van der Waals surface area contributed by atoms with E-state index in [1.807, 2.05) is 31.3 Å². The van der Waals surface area contributed by atoms with Crippen LogP contribution in [0.2, 0.25) is 0 Å². The largest absolute Gasteiger partial charge is 0.490 e. The number of pyridine rings is 1. The lowest BCUT2D eigenvalue weighted by Gasteiger charge is -2.30. The number of aromatic nitrogens is 1. The molecule has 1 fully saturated rings. The first-order chi connectivity index (χ1) is 13.1. The third-order valence-electron chi connectivity index (χ3n) is 5.17. The van der Waals surface area contributed by atoms with Crippen molar-refractivity contribution >= 4 is 16.9 Å². The maximum absolute atomic E-state index is 11.0. The van der Waals surface area contributed by atoms with Gasteiger partial charge in [-0.3, -0.25) is 4.98 Å². The molecule has 1 aliphatic heterocycles. The van der Waals surface area contributed by atoms with Gasteiger partial charge in [0, 0.05) is 43.2 Å². The van der Waals surface area contributed by atoms with Gasteiger partial charge in [0.05, 0.1) is 0 Å². The maximum Gasteiger partial charge on any atom is 0.407 e. The molecule has 1 aliphatic rings. The van der Waals surface area contributed by atoms with Gasteiger partial charge in [-0.05, 0) is 47.7 Å². The summed E-state index contributed by atoms with van der Waals surface area (Å²) in [4.78, 5) is 16.8. The Morgan fingerprint density at radius 3 is 2.48 bits per heavy atom. The van der Waals surface area contributed by atoms with E-state index in [4.69, 9.17) is 9.84 Å². The fourth-order valence-corrected chi connectivity index (χ4v) is 3.59. The van der Waals surface area contributed by atoms with E-state index in [0.29, 0.717) is 13.1 Å². The lowest BCUT2D eigenvalue weighted by Crippen LogP contribution is -2.41. The minimum absolute atomic E-state index is 0.0718.